The molecule has 0 aliphatic carbocycles. The van der Waals surface area contributed by atoms with Gasteiger partial charge in [-0.1, -0.05) is 0 Å². The summed E-state index contributed by atoms with van der Waals surface area (Å²) in [4.78, 5) is 27.4. The van der Waals surface area contributed by atoms with E-state index in [0.29, 0.717) is 0 Å². The van der Waals surface area contributed by atoms with Crippen molar-refractivity contribution in [3.63, 3.8) is 0 Å². The predicted octanol–water partition coefficient (Wildman–Crippen LogP) is -0.508. The summed E-state index contributed by atoms with van der Waals surface area (Å²) >= 11 is 0. The Labute approximate surface area is 89.6 Å². The summed E-state index contributed by atoms with van der Waals surface area (Å²) in [6.07, 6.45) is 2.24. The standard InChI is InChI=1S/C6H4N2O4.Sn/c9-5(10)3-4(6(11)12)8-2-1-7-3;/h1-2H,(H,9,10)(H,11,12);. The van der Waals surface area contributed by atoms with Crippen LogP contribution in [0.4, 0.5) is 0 Å². The zero-order valence-corrected chi connectivity index (χ0v) is 9.11. The maximum Gasteiger partial charge on any atom is 0.357 e. The molecule has 0 bridgehead atoms. The molecular formula is C6H4N2O4Sn. The monoisotopic (exact) mass is 288 g/mol. The van der Waals surface area contributed by atoms with Crippen LogP contribution in [-0.2, 0) is 0 Å². The number of hydrogen-bond donors (Lipinski definition) is 2. The molecule has 2 N–H and O–H groups in total. The second-order valence-corrected chi connectivity index (χ2v) is 1.86. The maximum atomic E-state index is 10.4. The van der Waals surface area contributed by atoms with Gasteiger partial charge >= 0.3 is 11.9 Å². The molecule has 0 aromatic carbocycles. The molecular weight excluding hydrogens is 283 g/mol. The predicted molar refractivity (Wildman–Crippen MR) is 41.7 cm³/mol. The second kappa shape index (κ2) is 4.75. The Morgan fingerprint density at radius 3 is 1.54 bits per heavy atom. The van der Waals surface area contributed by atoms with Gasteiger partial charge in [0.2, 0.25) is 0 Å². The van der Waals surface area contributed by atoms with Crippen molar-refractivity contribution < 1.29 is 19.8 Å². The smallest absolute Gasteiger partial charge is 0.357 e. The van der Waals surface area contributed by atoms with E-state index < -0.39 is 23.3 Å². The topological polar surface area (TPSA) is 100 Å². The van der Waals surface area contributed by atoms with Crippen LogP contribution in [-0.4, -0.2) is 56.0 Å². The van der Waals surface area contributed by atoms with Crippen LogP contribution < -0.4 is 0 Å². The number of rotatable bonds is 2. The first kappa shape index (κ1) is 11.8. The van der Waals surface area contributed by atoms with Crippen LogP contribution in [0.3, 0.4) is 0 Å². The number of aromatic carboxylic acids is 2. The quantitative estimate of drug-likeness (QED) is 0.711. The van der Waals surface area contributed by atoms with Gasteiger partial charge < -0.3 is 10.2 Å². The van der Waals surface area contributed by atoms with Crippen LogP contribution in [0.25, 0.3) is 0 Å². The zero-order valence-electron chi connectivity index (χ0n) is 6.26. The van der Waals surface area contributed by atoms with Crippen molar-refractivity contribution in [2.24, 2.45) is 0 Å². The van der Waals surface area contributed by atoms with E-state index >= 15 is 0 Å². The van der Waals surface area contributed by atoms with Gasteiger partial charge in [-0.3, -0.25) is 0 Å². The Hall–Kier alpha value is -1.18. The normalized spacial score (nSPS) is 8.62. The van der Waals surface area contributed by atoms with Gasteiger partial charge in [0.05, 0.1) is 0 Å². The molecule has 0 aliphatic heterocycles. The molecule has 0 atom stereocenters. The molecule has 66 valence electrons. The van der Waals surface area contributed by atoms with E-state index in [-0.39, 0.29) is 23.9 Å². The van der Waals surface area contributed by atoms with Gasteiger partial charge in [0.1, 0.15) is 0 Å². The third-order valence-electron chi connectivity index (χ3n) is 1.10. The Kier molecular flexibility index (Phi) is 4.32. The average Bonchev–Trinajstić information content (AvgIpc) is 2.04. The molecule has 0 fully saturated rings. The second-order valence-electron chi connectivity index (χ2n) is 1.86. The van der Waals surface area contributed by atoms with Crippen molar-refractivity contribution in [3.8, 4) is 0 Å². The van der Waals surface area contributed by atoms with Crippen molar-refractivity contribution in [1.29, 1.82) is 0 Å². The number of carboxylic acid groups (broad SMARTS) is 2. The van der Waals surface area contributed by atoms with Gasteiger partial charge in [0, 0.05) is 36.3 Å². The molecule has 0 saturated heterocycles. The number of carbonyl (C=O) groups is 2. The minimum absolute atomic E-state index is 0. The molecule has 0 amide bonds. The summed E-state index contributed by atoms with van der Waals surface area (Å²) in [6.45, 7) is 0. The van der Waals surface area contributed by atoms with Gasteiger partial charge in [0.15, 0.2) is 11.4 Å². The fourth-order valence-corrected chi connectivity index (χ4v) is 0.651. The fourth-order valence-electron chi connectivity index (χ4n) is 0.651. The largest absolute Gasteiger partial charge is 0.476 e. The SMILES string of the molecule is O=C(O)c1nccnc1C(=O)O.[Sn]. The van der Waals surface area contributed by atoms with E-state index in [9.17, 15) is 9.59 Å². The van der Waals surface area contributed by atoms with Crippen molar-refractivity contribution in [2.45, 2.75) is 0 Å². The zero-order chi connectivity index (χ0) is 9.14. The molecule has 6 nitrogen and oxygen atoms in total. The Balaban J connectivity index is 0.00000144. The number of nitrogens with zero attached hydrogens (tertiary/aromatic N) is 2. The number of hydrogen-bond acceptors (Lipinski definition) is 4. The number of aromatic nitrogens is 2. The molecule has 0 saturated carbocycles. The molecule has 1 aromatic heterocycles. The minimum atomic E-state index is -1.40. The van der Waals surface area contributed by atoms with E-state index in [4.69, 9.17) is 10.2 Å². The van der Waals surface area contributed by atoms with Crippen molar-refractivity contribution >= 4 is 35.8 Å². The summed E-state index contributed by atoms with van der Waals surface area (Å²) in [7, 11) is 0. The van der Waals surface area contributed by atoms with Crippen LogP contribution in [0.2, 0.25) is 0 Å². The molecule has 1 rings (SSSR count). The summed E-state index contributed by atoms with van der Waals surface area (Å²) in [5, 5.41) is 16.9. The van der Waals surface area contributed by atoms with E-state index in [1.165, 1.54) is 0 Å². The average molecular weight is 287 g/mol. The Morgan fingerprint density at radius 2 is 1.31 bits per heavy atom. The fraction of sp³-hybridized carbons (Fsp3) is 0. The van der Waals surface area contributed by atoms with Crippen LogP contribution in [0.5, 0.6) is 0 Å². The van der Waals surface area contributed by atoms with E-state index in [2.05, 4.69) is 9.97 Å². The van der Waals surface area contributed by atoms with Crippen LogP contribution >= 0.6 is 0 Å². The van der Waals surface area contributed by atoms with Gasteiger partial charge in [-0.2, -0.15) is 0 Å². The molecule has 1 heterocycles. The van der Waals surface area contributed by atoms with Crippen molar-refractivity contribution in [3.05, 3.63) is 23.8 Å². The molecule has 1 aromatic rings. The minimum Gasteiger partial charge on any atom is -0.476 e. The van der Waals surface area contributed by atoms with Crippen molar-refractivity contribution in [1.82, 2.24) is 9.97 Å². The van der Waals surface area contributed by atoms with Crippen LogP contribution in [0.15, 0.2) is 12.4 Å². The third-order valence-corrected chi connectivity index (χ3v) is 1.10. The summed E-state index contributed by atoms with van der Waals surface area (Å²) < 4.78 is 0. The first-order chi connectivity index (χ1) is 5.63. The summed E-state index contributed by atoms with van der Waals surface area (Å²) in [5.41, 5.74) is -1.10. The first-order valence-electron chi connectivity index (χ1n) is 2.90. The first-order valence-corrected chi connectivity index (χ1v) is 2.90. The molecule has 4 radical (unpaired) electrons. The molecule has 0 aliphatic rings. The van der Waals surface area contributed by atoms with Crippen LogP contribution in [0.1, 0.15) is 21.0 Å². The molecule has 0 unspecified atom stereocenters. The summed E-state index contributed by atoms with van der Waals surface area (Å²) in [6, 6.07) is 0. The van der Waals surface area contributed by atoms with E-state index in [1.54, 1.807) is 0 Å². The Morgan fingerprint density at radius 1 is 1.00 bits per heavy atom. The van der Waals surface area contributed by atoms with Gasteiger partial charge in [-0.05, 0) is 0 Å². The van der Waals surface area contributed by atoms with E-state index in [1.807, 2.05) is 0 Å². The Bertz CT molecular complexity index is 308. The third kappa shape index (κ3) is 2.65. The van der Waals surface area contributed by atoms with Gasteiger partial charge in [-0.25, -0.2) is 19.6 Å². The molecule has 0 spiro atoms. The molecule has 7 heteroatoms. The molecule has 13 heavy (non-hydrogen) atoms. The van der Waals surface area contributed by atoms with E-state index in [0.717, 1.165) is 12.4 Å². The number of carboxylic acids is 2. The summed E-state index contributed by atoms with van der Waals surface area (Å²) in [5.74, 6) is -2.80. The van der Waals surface area contributed by atoms with Gasteiger partial charge in [0.25, 0.3) is 0 Å². The van der Waals surface area contributed by atoms with Gasteiger partial charge in [-0.15, -0.1) is 0 Å². The van der Waals surface area contributed by atoms with Crippen LogP contribution in [0, 0.1) is 0 Å². The maximum absolute atomic E-state index is 10.4. The van der Waals surface area contributed by atoms with Crippen molar-refractivity contribution in [2.75, 3.05) is 0 Å².